The second-order valence-electron chi connectivity index (χ2n) is 21.7. The number of hydrogen-bond acceptors (Lipinski definition) is 2. The first kappa shape index (κ1) is 46.9. The van der Waals surface area contributed by atoms with Crippen molar-refractivity contribution in [2.24, 2.45) is 0 Å². The average molecular weight is 955 g/mol. The lowest BCUT2D eigenvalue weighted by Gasteiger charge is -2.45. The Hall–Kier alpha value is -8.14. The summed E-state index contributed by atoms with van der Waals surface area (Å²) in [6, 6.07) is 82.6. The fourth-order valence-corrected chi connectivity index (χ4v) is 11.9. The molecule has 0 aromatic heterocycles. The highest BCUT2D eigenvalue weighted by atomic mass is 15.2. The van der Waals surface area contributed by atoms with Crippen LogP contribution in [0.2, 0.25) is 0 Å². The minimum atomic E-state index is -0.0272. The molecule has 2 heterocycles. The van der Waals surface area contributed by atoms with Gasteiger partial charge in [0.2, 0.25) is 0 Å². The Morgan fingerprint density at radius 2 is 0.662 bits per heavy atom. The van der Waals surface area contributed by atoms with Gasteiger partial charge in [-0.15, -0.1) is 0 Å². The predicted molar refractivity (Wildman–Crippen MR) is 319 cm³/mol. The third kappa shape index (κ3) is 8.35. The molecule has 0 N–H and O–H groups in total. The van der Waals surface area contributed by atoms with E-state index in [1.165, 1.54) is 123 Å². The lowest BCUT2D eigenvalue weighted by Crippen LogP contribution is -2.61. The fourth-order valence-electron chi connectivity index (χ4n) is 11.9. The van der Waals surface area contributed by atoms with Crippen molar-refractivity contribution in [2.75, 3.05) is 9.80 Å². The zero-order valence-electron chi connectivity index (χ0n) is 44.0. The summed E-state index contributed by atoms with van der Waals surface area (Å²) in [5.41, 5.74) is 29.9. The number of rotatable bonds is 10. The Bertz CT molecular complexity index is 3380. The first-order valence-corrected chi connectivity index (χ1v) is 26.7. The highest BCUT2D eigenvalue weighted by Crippen LogP contribution is 2.50. The van der Waals surface area contributed by atoms with Gasteiger partial charge in [-0.1, -0.05) is 210 Å². The van der Waals surface area contributed by atoms with Crippen LogP contribution in [0, 0.1) is 13.8 Å². The van der Waals surface area contributed by atoms with Crippen LogP contribution in [0.25, 0.3) is 55.6 Å². The molecule has 0 aliphatic carbocycles. The summed E-state index contributed by atoms with van der Waals surface area (Å²) in [5, 5.41) is 0. The molecular weight excluding hydrogens is 892 g/mol. The van der Waals surface area contributed by atoms with Crippen LogP contribution >= 0.6 is 0 Å². The van der Waals surface area contributed by atoms with E-state index < -0.39 is 0 Å². The summed E-state index contributed by atoms with van der Waals surface area (Å²) in [7, 11) is 0. The molecule has 2 aliphatic rings. The van der Waals surface area contributed by atoms with Crippen LogP contribution in [0.3, 0.4) is 0 Å². The monoisotopic (exact) mass is 955 g/mol. The second kappa shape index (κ2) is 19.0. The molecule has 0 bridgehead atoms. The van der Waals surface area contributed by atoms with E-state index in [0.717, 1.165) is 11.4 Å². The molecule has 2 aliphatic heterocycles. The van der Waals surface area contributed by atoms with Gasteiger partial charge in [-0.25, -0.2) is 0 Å². The third-order valence-electron chi connectivity index (χ3n) is 15.6. The maximum absolute atomic E-state index is 2.62. The summed E-state index contributed by atoms with van der Waals surface area (Å²) in [6.45, 7) is 18.7. The molecule has 0 saturated heterocycles. The van der Waals surface area contributed by atoms with Gasteiger partial charge >= 0.3 is 0 Å². The first-order valence-electron chi connectivity index (χ1n) is 26.7. The number of nitrogens with zero attached hydrogens (tertiary/aromatic N) is 2. The maximum atomic E-state index is 2.62. The molecule has 0 fully saturated rings. The van der Waals surface area contributed by atoms with Gasteiger partial charge in [-0.2, -0.15) is 0 Å². The molecule has 0 amide bonds. The van der Waals surface area contributed by atoms with Crippen LogP contribution in [0.1, 0.15) is 87.1 Å². The molecule has 0 spiro atoms. The van der Waals surface area contributed by atoms with Crippen molar-refractivity contribution in [3.63, 3.8) is 0 Å². The molecule has 74 heavy (non-hydrogen) atoms. The van der Waals surface area contributed by atoms with Crippen molar-refractivity contribution in [1.29, 1.82) is 0 Å². The average Bonchev–Trinajstić information content (AvgIpc) is 3.45. The SMILES string of the molecule is Cc1ccc2c(c1)B1c3cc(C)ccc3N(c3cc(-c4ccccc4)cc(-c4ccccc4)c3)c3cc(-c4c(C(C)C)cc(C(C)C)cc4C(C)C)cc(c31)N2c1cc(-c2ccccc2)cc(-c2ccccc2)c1. The molecule has 12 rings (SSSR count). The zero-order chi connectivity index (χ0) is 50.8. The molecule has 10 aromatic rings. The lowest BCUT2D eigenvalue weighted by molar-refractivity contribution is 0.807. The van der Waals surface area contributed by atoms with E-state index in [2.05, 4.69) is 284 Å². The van der Waals surface area contributed by atoms with Gasteiger partial charge in [0, 0.05) is 34.1 Å². The number of aryl methyl sites for hydroxylation is 2. The Labute approximate surface area is 439 Å². The second-order valence-corrected chi connectivity index (χ2v) is 21.7. The quantitative estimate of drug-likeness (QED) is 0.126. The number of anilines is 6. The molecule has 0 unspecified atom stereocenters. The van der Waals surface area contributed by atoms with Crippen molar-refractivity contribution < 1.29 is 0 Å². The summed E-state index contributed by atoms with van der Waals surface area (Å²) in [6.07, 6.45) is 0. The van der Waals surface area contributed by atoms with E-state index in [0.29, 0.717) is 17.8 Å². The molecule has 3 heteroatoms. The van der Waals surface area contributed by atoms with Gasteiger partial charge in [-0.3, -0.25) is 0 Å². The highest BCUT2D eigenvalue weighted by molar-refractivity contribution is 7.00. The van der Waals surface area contributed by atoms with E-state index in [4.69, 9.17) is 0 Å². The van der Waals surface area contributed by atoms with Crippen molar-refractivity contribution in [3.8, 4) is 55.6 Å². The molecular formula is C71H63BN2. The minimum absolute atomic E-state index is 0.0272. The van der Waals surface area contributed by atoms with E-state index in [-0.39, 0.29) is 6.71 Å². The van der Waals surface area contributed by atoms with Gasteiger partial charge in [0.05, 0.1) is 0 Å². The largest absolute Gasteiger partial charge is 0.311 e. The topological polar surface area (TPSA) is 6.48 Å². The summed E-state index contributed by atoms with van der Waals surface area (Å²) < 4.78 is 0. The van der Waals surface area contributed by atoms with Crippen LogP contribution in [0.15, 0.2) is 218 Å². The number of fused-ring (bicyclic) bond motifs is 4. The zero-order valence-corrected chi connectivity index (χ0v) is 44.0. The Morgan fingerprint density at radius 1 is 0.311 bits per heavy atom. The van der Waals surface area contributed by atoms with E-state index in [1.54, 1.807) is 0 Å². The van der Waals surface area contributed by atoms with Gasteiger partial charge in [0.15, 0.2) is 0 Å². The molecule has 0 saturated carbocycles. The normalized spacial score (nSPS) is 12.6. The van der Waals surface area contributed by atoms with E-state index >= 15 is 0 Å². The van der Waals surface area contributed by atoms with Crippen molar-refractivity contribution >= 4 is 57.2 Å². The number of hydrogen-bond donors (Lipinski definition) is 0. The summed E-state index contributed by atoms with van der Waals surface area (Å²) >= 11 is 0. The Morgan fingerprint density at radius 3 is 0.986 bits per heavy atom. The first-order chi connectivity index (χ1) is 36.0. The minimum Gasteiger partial charge on any atom is -0.311 e. The Kier molecular flexibility index (Phi) is 12.1. The summed E-state index contributed by atoms with van der Waals surface area (Å²) in [4.78, 5) is 5.24. The van der Waals surface area contributed by atoms with Crippen LogP contribution in [-0.2, 0) is 0 Å². The predicted octanol–water partition coefficient (Wildman–Crippen LogP) is 18.1. The Balaban J connectivity index is 1.24. The molecule has 0 atom stereocenters. The van der Waals surface area contributed by atoms with Crippen molar-refractivity contribution in [2.45, 2.75) is 73.1 Å². The standard InChI is InChI=1S/C71H63BN2/c1-45(2)54-41-62(46(3)4)70(63(42-54)47(5)6)59-43-68-71-69(44-59)74(61-39-57(52-25-17-11-18-26-52)36-58(40-61)53-27-19-12-20-28-53)67-32-30-49(8)34-65(67)72(71)64-33-48(7)29-31-66(64)73(68)60-37-55(50-21-13-9-14-22-50)35-56(38-60)51-23-15-10-16-24-51/h9-47H,1-8H3. The van der Waals surface area contributed by atoms with E-state index in [1.807, 2.05) is 0 Å². The van der Waals surface area contributed by atoms with E-state index in [9.17, 15) is 0 Å². The van der Waals surface area contributed by atoms with Crippen molar-refractivity contribution in [3.05, 3.63) is 246 Å². The summed E-state index contributed by atoms with van der Waals surface area (Å²) in [5.74, 6) is 1.00. The van der Waals surface area contributed by atoms with Gasteiger partial charge in [0.1, 0.15) is 0 Å². The fraction of sp³-hybridized carbons (Fsp3) is 0.155. The van der Waals surface area contributed by atoms with Crippen LogP contribution in [0.5, 0.6) is 0 Å². The molecule has 10 aromatic carbocycles. The maximum Gasteiger partial charge on any atom is 0.252 e. The van der Waals surface area contributed by atoms with Gasteiger partial charge in [-0.05, 0) is 181 Å². The molecule has 0 radical (unpaired) electrons. The smallest absolute Gasteiger partial charge is 0.252 e. The van der Waals surface area contributed by atoms with Crippen LogP contribution < -0.4 is 26.2 Å². The molecule has 2 nitrogen and oxygen atoms in total. The number of benzene rings is 10. The van der Waals surface area contributed by atoms with Gasteiger partial charge < -0.3 is 9.80 Å². The van der Waals surface area contributed by atoms with Crippen LogP contribution in [0.4, 0.5) is 34.1 Å². The van der Waals surface area contributed by atoms with Crippen LogP contribution in [-0.4, -0.2) is 6.71 Å². The highest BCUT2D eigenvalue weighted by Gasteiger charge is 2.44. The third-order valence-corrected chi connectivity index (χ3v) is 15.6. The lowest BCUT2D eigenvalue weighted by atomic mass is 9.33. The van der Waals surface area contributed by atoms with Crippen molar-refractivity contribution in [1.82, 2.24) is 0 Å². The molecule has 360 valence electrons. The van der Waals surface area contributed by atoms with Gasteiger partial charge in [0.25, 0.3) is 6.71 Å².